The van der Waals surface area contributed by atoms with Crippen molar-refractivity contribution in [3.05, 3.63) is 6.92 Å². The fraction of sp³-hybridized carbons (Fsp3) is 0.900. The first kappa shape index (κ1) is 10.0. The molecule has 0 saturated carbocycles. The van der Waals surface area contributed by atoms with E-state index >= 15 is 0 Å². The molecular weight excluding hydrogens is 120 g/mol. The molecule has 0 amide bonds. The van der Waals surface area contributed by atoms with Crippen LogP contribution in [-0.2, 0) is 0 Å². The number of hydrogen-bond acceptors (Lipinski definition) is 0. The predicted octanol–water partition coefficient (Wildman–Crippen LogP) is 3.82. The molecule has 0 aliphatic rings. The normalized spacial score (nSPS) is 12.0. The second-order valence-corrected chi connectivity index (χ2v) is 3.31. The monoisotopic (exact) mass is 141 g/mol. The highest BCUT2D eigenvalue weighted by atomic mass is 14.2. The Morgan fingerprint density at radius 2 is 1.60 bits per heavy atom. The fourth-order valence-electron chi connectivity index (χ4n) is 1.16. The van der Waals surface area contributed by atoms with E-state index in [-0.39, 0.29) is 0 Å². The van der Waals surface area contributed by atoms with E-state index in [1.807, 2.05) is 0 Å². The Labute approximate surface area is 66.0 Å². The summed E-state index contributed by atoms with van der Waals surface area (Å²) in [5.41, 5.74) is 0.385. The van der Waals surface area contributed by atoms with Crippen molar-refractivity contribution in [3.8, 4) is 0 Å². The molecule has 0 heterocycles. The zero-order valence-corrected chi connectivity index (χ0v) is 7.74. The Bertz CT molecular complexity index is 70.1. The minimum absolute atomic E-state index is 0.385. The van der Waals surface area contributed by atoms with Gasteiger partial charge in [-0.15, -0.1) is 0 Å². The van der Waals surface area contributed by atoms with Gasteiger partial charge in [0.2, 0.25) is 0 Å². The van der Waals surface area contributed by atoms with Crippen LogP contribution in [0.4, 0.5) is 0 Å². The average molecular weight is 141 g/mol. The molecule has 1 radical (unpaired) electrons. The molecular formula is C10H21. The molecule has 61 valence electrons. The third-order valence-electron chi connectivity index (χ3n) is 2.56. The third-order valence-corrected chi connectivity index (χ3v) is 2.56. The van der Waals surface area contributed by atoms with Crippen LogP contribution in [0.15, 0.2) is 0 Å². The lowest BCUT2D eigenvalue weighted by Gasteiger charge is -2.25. The lowest BCUT2D eigenvalue weighted by atomic mass is 9.80. The molecule has 0 nitrogen and oxygen atoms in total. The first-order valence-corrected chi connectivity index (χ1v) is 4.54. The molecule has 0 N–H and O–H groups in total. The van der Waals surface area contributed by atoms with Crippen molar-refractivity contribution in [2.24, 2.45) is 5.41 Å². The zero-order chi connectivity index (χ0) is 8.04. The van der Waals surface area contributed by atoms with E-state index in [2.05, 4.69) is 27.7 Å². The van der Waals surface area contributed by atoms with E-state index in [0.29, 0.717) is 5.41 Å². The largest absolute Gasteiger partial charge is 0.0654 e. The van der Waals surface area contributed by atoms with Gasteiger partial charge in [-0.1, -0.05) is 46.5 Å². The summed E-state index contributed by atoms with van der Waals surface area (Å²) < 4.78 is 0. The van der Waals surface area contributed by atoms with Gasteiger partial charge in [-0.25, -0.2) is 0 Å². The summed E-state index contributed by atoms with van der Waals surface area (Å²) in [5.74, 6) is 0. The summed E-state index contributed by atoms with van der Waals surface area (Å²) in [6.07, 6.45) is 6.39. The Morgan fingerprint density at radius 1 is 1.10 bits per heavy atom. The maximum atomic E-state index is 4.24. The lowest BCUT2D eigenvalue weighted by molar-refractivity contribution is 0.310. The Hall–Kier alpha value is 0. The van der Waals surface area contributed by atoms with E-state index < -0.39 is 0 Å². The average Bonchev–Trinajstić information content (AvgIpc) is 2.00. The molecule has 0 fully saturated rings. The van der Waals surface area contributed by atoms with Crippen LogP contribution in [0.1, 0.15) is 52.9 Å². The Morgan fingerprint density at radius 3 is 1.90 bits per heavy atom. The lowest BCUT2D eigenvalue weighted by Crippen LogP contribution is -2.13. The summed E-state index contributed by atoms with van der Waals surface area (Å²) in [6, 6.07) is 0. The van der Waals surface area contributed by atoms with E-state index in [1.54, 1.807) is 0 Å². The summed E-state index contributed by atoms with van der Waals surface area (Å²) >= 11 is 0. The van der Waals surface area contributed by atoms with Crippen molar-refractivity contribution in [3.63, 3.8) is 0 Å². The van der Waals surface area contributed by atoms with Crippen LogP contribution >= 0.6 is 0 Å². The molecule has 0 aromatic heterocycles. The van der Waals surface area contributed by atoms with Gasteiger partial charge in [-0.3, -0.25) is 0 Å². The van der Waals surface area contributed by atoms with Crippen LogP contribution < -0.4 is 0 Å². The molecule has 0 bridgehead atoms. The van der Waals surface area contributed by atoms with Crippen LogP contribution in [0, 0.1) is 12.3 Å². The second-order valence-electron chi connectivity index (χ2n) is 3.31. The smallest absolute Gasteiger partial charge is 0.0302 e. The molecule has 0 atom stereocenters. The summed E-state index contributed by atoms with van der Waals surface area (Å²) in [4.78, 5) is 0. The first-order chi connectivity index (χ1) is 4.68. The first-order valence-electron chi connectivity index (χ1n) is 4.54. The van der Waals surface area contributed by atoms with Crippen LogP contribution in [0.2, 0.25) is 0 Å². The standard InChI is InChI=1S/C10H21/c1-5-8-9-10(4,6-2)7-3/h4-9H2,1-3H3. The van der Waals surface area contributed by atoms with E-state index in [4.69, 9.17) is 0 Å². The van der Waals surface area contributed by atoms with Gasteiger partial charge in [0.05, 0.1) is 0 Å². The molecule has 0 saturated heterocycles. The summed E-state index contributed by atoms with van der Waals surface area (Å²) in [6.45, 7) is 11.0. The number of unbranched alkanes of at least 4 members (excludes halogenated alkanes) is 1. The molecule has 0 aliphatic carbocycles. The number of hydrogen-bond donors (Lipinski definition) is 0. The maximum absolute atomic E-state index is 4.24. The maximum Gasteiger partial charge on any atom is -0.0302 e. The zero-order valence-electron chi connectivity index (χ0n) is 7.74. The summed E-state index contributed by atoms with van der Waals surface area (Å²) in [5, 5.41) is 0. The molecule has 0 spiro atoms. The van der Waals surface area contributed by atoms with Gasteiger partial charge in [0.15, 0.2) is 0 Å². The predicted molar refractivity (Wildman–Crippen MR) is 47.9 cm³/mol. The van der Waals surface area contributed by atoms with Crippen molar-refractivity contribution in [1.82, 2.24) is 0 Å². The van der Waals surface area contributed by atoms with Crippen molar-refractivity contribution < 1.29 is 0 Å². The highest BCUT2D eigenvalue weighted by Gasteiger charge is 2.17. The Balaban J connectivity index is 3.58. The highest BCUT2D eigenvalue weighted by molar-refractivity contribution is 4.78. The molecule has 0 heteroatoms. The van der Waals surface area contributed by atoms with E-state index in [9.17, 15) is 0 Å². The third kappa shape index (κ3) is 3.24. The highest BCUT2D eigenvalue weighted by Crippen LogP contribution is 2.30. The minimum atomic E-state index is 0.385. The van der Waals surface area contributed by atoms with Crippen molar-refractivity contribution >= 4 is 0 Å². The van der Waals surface area contributed by atoms with Gasteiger partial charge in [-0.05, 0) is 18.8 Å². The Kier molecular flexibility index (Phi) is 4.76. The molecule has 0 unspecified atom stereocenters. The molecule has 0 rings (SSSR count). The quantitative estimate of drug-likeness (QED) is 0.546. The van der Waals surface area contributed by atoms with Crippen molar-refractivity contribution in [1.29, 1.82) is 0 Å². The van der Waals surface area contributed by atoms with Crippen molar-refractivity contribution in [2.75, 3.05) is 0 Å². The van der Waals surface area contributed by atoms with Gasteiger partial charge >= 0.3 is 0 Å². The van der Waals surface area contributed by atoms with Gasteiger partial charge in [0.25, 0.3) is 0 Å². The van der Waals surface area contributed by atoms with Gasteiger partial charge in [-0.2, -0.15) is 0 Å². The summed E-state index contributed by atoms with van der Waals surface area (Å²) in [7, 11) is 0. The van der Waals surface area contributed by atoms with Crippen LogP contribution in [0.5, 0.6) is 0 Å². The molecule has 0 aromatic carbocycles. The van der Waals surface area contributed by atoms with E-state index in [0.717, 1.165) is 0 Å². The fourth-order valence-corrected chi connectivity index (χ4v) is 1.16. The van der Waals surface area contributed by atoms with Crippen molar-refractivity contribution in [2.45, 2.75) is 52.9 Å². The SMILES string of the molecule is [CH2]C(CC)(CC)CCCC. The van der Waals surface area contributed by atoms with Gasteiger partial charge in [0, 0.05) is 0 Å². The topological polar surface area (TPSA) is 0 Å². The molecule has 10 heavy (non-hydrogen) atoms. The van der Waals surface area contributed by atoms with E-state index in [1.165, 1.54) is 32.1 Å². The van der Waals surface area contributed by atoms with Crippen LogP contribution in [-0.4, -0.2) is 0 Å². The van der Waals surface area contributed by atoms with Crippen LogP contribution in [0.25, 0.3) is 0 Å². The number of rotatable bonds is 5. The molecule has 0 aliphatic heterocycles. The van der Waals surface area contributed by atoms with Gasteiger partial charge < -0.3 is 0 Å². The van der Waals surface area contributed by atoms with Crippen LogP contribution in [0.3, 0.4) is 0 Å². The minimum Gasteiger partial charge on any atom is -0.0654 e. The molecule has 0 aromatic rings. The van der Waals surface area contributed by atoms with Gasteiger partial charge in [0.1, 0.15) is 0 Å². The second kappa shape index (κ2) is 4.76.